The second kappa shape index (κ2) is 12.4. The molecular formula is C31H34N4O5. The number of pyridine rings is 1. The fraction of sp³-hybridized carbons (Fsp3) is 0.355. The Morgan fingerprint density at radius 1 is 1.12 bits per heavy atom. The van der Waals surface area contributed by atoms with Crippen LogP contribution in [0.25, 0.3) is 0 Å². The number of carbonyl (C=O) groups is 2. The molecule has 1 aliphatic heterocycles. The monoisotopic (exact) mass is 542 g/mol. The number of nitrogens with zero attached hydrogens (tertiary/aromatic N) is 3. The molecule has 0 bridgehead atoms. The second-order valence-corrected chi connectivity index (χ2v) is 9.96. The van der Waals surface area contributed by atoms with Crippen molar-refractivity contribution in [2.75, 3.05) is 7.11 Å². The largest absolute Gasteiger partial charge is 0.493 e. The van der Waals surface area contributed by atoms with Crippen LogP contribution >= 0.6 is 0 Å². The number of hydrazone groups is 1. The number of methoxy groups -OCH3 is 1. The highest BCUT2D eigenvalue weighted by Gasteiger charge is 2.35. The lowest BCUT2D eigenvalue weighted by Gasteiger charge is -2.38. The third-order valence-electron chi connectivity index (χ3n) is 7.33. The quantitative estimate of drug-likeness (QED) is 0.291. The van der Waals surface area contributed by atoms with Gasteiger partial charge in [0, 0.05) is 29.1 Å². The Hall–Kier alpha value is -4.08. The molecule has 40 heavy (non-hydrogen) atoms. The third-order valence-corrected chi connectivity index (χ3v) is 7.33. The maximum Gasteiger partial charge on any atom is 0.204 e. The molecule has 3 aromatic rings. The predicted octanol–water partition coefficient (Wildman–Crippen LogP) is 4.64. The lowest BCUT2D eigenvalue weighted by Crippen LogP contribution is -2.49. The van der Waals surface area contributed by atoms with Gasteiger partial charge in [0.2, 0.25) is 6.23 Å². The maximum absolute atomic E-state index is 13.0. The third kappa shape index (κ3) is 5.76. The van der Waals surface area contributed by atoms with E-state index in [9.17, 15) is 9.59 Å². The van der Waals surface area contributed by atoms with Crippen LogP contribution in [0.15, 0.2) is 72.1 Å². The van der Waals surface area contributed by atoms with Crippen LogP contribution in [0.4, 0.5) is 0 Å². The lowest BCUT2D eigenvalue weighted by atomic mass is 10.0. The molecule has 1 aliphatic carbocycles. The molecule has 0 radical (unpaired) electrons. The van der Waals surface area contributed by atoms with E-state index in [-0.39, 0.29) is 11.9 Å². The van der Waals surface area contributed by atoms with Crippen molar-refractivity contribution < 1.29 is 23.8 Å². The highest BCUT2D eigenvalue weighted by molar-refractivity contribution is 6.09. The minimum atomic E-state index is -0.992. The first kappa shape index (κ1) is 27.5. The molecule has 2 aromatic carbocycles. The van der Waals surface area contributed by atoms with Gasteiger partial charge in [0.15, 0.2) is 23.6 Å². The van der Waals surface area contributed by atoms with Gasteiger partial charge in [-0.2, -0.15) is 5.10 Å². The Labute approximate surface area is 233 Å². The summed E-state index contributed by atoms with van der Waals surface area (Å²) < 4.78 is 18.0. The number of hydrogen-bond acceptors (Lipinski definition) is 9. The van der Waals surface area contributed by atoms with Crippen LogP contribution in [0, 0.1) is 0 Å². The van der Waals surface area contributed by atoms with E-state index in [4.69, 9.17) is 25.0 Å². The second-order valence-electron chi connectivity index (χ2n) is 9.96. The SMILES string of the molecule is CCC1OC(C=O)N(C(N)c2cccc(C(=O)c3cccnc3)c2)N=C1c1ccc(OC)c(OC2CCCC2)c1. The first-order valence-corrected chi connectivity index (χ1v) is 13.6. The molecule has 2 aliphatic rings. The van der Waals surface area contributed by atoms with E-state index in [1.165, 1.54) is 11.2 Å². The Bertz CT molecular complexity index is 1370. The zero-order chi connectivity index (χ0) is 28.1. The molecule has 1 saturated carbocycles. The number of carbonyl (C=O) groups excluding carboxylic acids is 2. The summed E-state index contributed by atoms with van der Waals surface area (Å²) in [6.45, 7) is 1.98. The van der Waals surface area contributed by atoms with Crippen molar-refractivity contribution in [2.45, 2.75) is 63.6 Å². The van der Waals surface area contributed by atoms with Gasteiger partial charge < -0.3 is 19.9 Å². The first-order chi connectivity index (χ1) is 19.5. The van der Waals surface area contributed by atoms with E-state index in [0.29, 0.717) is 46.6 Å². The minimum Gasteiger partial charge on any atom is -0.493 e. The van der Waals surface area contributed by atoms with Crippen molar-refractivity contribution >= 4 is 17.8 Å². The Balaban J connectivity index is 1.48. The highest BCUT2D eigenvalue weighted by Crippen LogP contribution is 2.34. The lowest BCUT2D eigenvalue weighted by molar-refractivity contribution is -0.144. The van der Waals surface area contributed by atoms with E-state index in [1.54, 1.807) is 49.7 Å². The van der Waals surface area contributed by atoms with Crippen molar-refractivity contribution in [1.29, 1.82) is 0 Å². The summed E-state index contributed by atoms with van der Waals surface area (Å²) in [5.74, 6) is 1.13. The van der Waals surface area contributed by atoms with Crippen LogP contribution < -0.4 is 15.2 Å². The predicted molar refractivity (Wildman–Crippen MR) is 150 cm³/mol. The van der Waals surface area contributed by atoms with Gasteiger partial charge in [0.25, 0.3) is 0 Å². The van der Waals surface area contributed by atoms with Gasteiger partial charge in [0.1, 0.15) is 12.3 Å². The van der Waals surface area contributed by atoms with E-state index < -0.39 is 18.5 Å². The number of benzene rings is 2. The van der Waals surface area contributed by atoms with Gasteiger partial charge in [-0.25, -0.2) is 5.01 Å². The molecule has 208 valence electrons. The van der Waals surface area contributed by atoms with Crippen LogP contribution in [0.2, 0.25) is 0 Å². The zero-order valence-electron chi connectivity index (χ0n) is 22.7. The van der Waals surface area contributed by atoms with Gasteiger partial charge in [-0.05, 0) is 74.1 Å². The first-order valence-electron chi connectivity index (χ1n) is 13.6. The Morgan fingerprint density at radius 3 is 2.62 bits per heavy atom. The fourth-order valence-corrected chi connectivity index (χ4v) is 5.18. The summed E-state index contributed by atoms with van der Waals surface area (Å²) in [4.78, 5) is 29.2. The molecule has 9 heteroatoms. The van der Waals surface area contributed by atoms with Crippen LogP contribution in [0.5, 0.6) is 11.5 Å². The molecule has 0 saturated heterocycles. The molecule has 3 unspecified atom stereocenters. The summed E-state index contributed by atoms with van der Waals surface area (Å²) in [5.41, 5.74) is 9.64. The average molecular weight is 543 g/mol. The van der Waals surface area contributed by atoms with Crippen molar-refractivity contribution in [2.24, 2.45) is 10.8 Å². The number of ether oxygens (including phenoxy) is 3. The molecule has 2 N–H and O–H groups in total. The standard InChI is InChI=1S/C31H34N4O5/c1-3-25-29(20-13-14-26(38-2)27(17-20)39-24-11-4-5-12-24)34-35(28(19-36)40-25)31(32)22-9-6-8-21(16-22)30(37)23-10-7-15-33-18-23/h6-10,13-19,24-25,28,31H,3-5,11-12,32H2,1-2H3. The number of rotatable bonds is 10. The molecular weight excluding hydrogens is 508 g/mol. The highest BCUT2D eigenvalue weighted by atomic mass is 16.5. The summed E-state index contributed by atoms with van der Waals surface area (Å²) in [7, 11) is 1.62. The van der Waals surface area contributed by atoms with Gasteiger partial charge in [0.05, 0.1) is 18.9 Å². The maximum atomic E-state index is 13.0. The molecule has 0 amide bonds. The number of aromatic nitrogens is 1. The van der Waals surface area contributed by atoms with Crippen molar-refractivity contribution in [3.63, 3.8) is 0 Å². The summed E-state index contributed by atoms with van der Waals surface area (Å²) in [6, 6.07) is 16.1. The number of hydrogen-bond donors (Lipinski definition) is 1. The van der Waals surface area contributed by atoms with Crippen molar-refractivity contribution in [1.82, 2.24) is 9.99 Å². The number of ketones is 1. The van der Waals surface area contributed by atoms with Crippen LogP contribution in [-0.4, -0.2) is 53.3 Å². The Kier molecular flexibility index (Phi) is 8.52. The van der Waals surface area contributed by atoms with Crippen LogP contribution in [0.1, 0.15) is 72.2 Å². The van der Waals surface area contributed by atoms with E-state index in [2.05, 4.69) is 4.98 Å². The van der Waals surface area contributed by atoms with Gasteiger partial charge >= 0.3 is 0 Å². The molecule has 1 aromatic heterocycles. The summed E-state index contributed by atoms with van der Waals surface area (Å²) in [6.07, 6.45) is 6.66. The Morgan fingerprint density at radius 2 is 1.93 bits per heavy atom. The molecule has 0 spiro atoms. The topological polar surface area (TPSA) is 116 Å². The molecule has 3 atom stereocenters. The normalized spacial score (nSPS) is 20.1. The summed E-state index contributed by atoms with van der Waals surface area (Å²) >= 11 is 0. The van der Waals surface area contributed by atoms with Gasteiger partial charge in [-0.15, -0.1) is 0 Å². The van der Waals surface area contributed by atoms with E-state index >= 15 is 0 Å². The number of nitrogens with two attached hydrogens (primary N) is 1. The summed E-state index contributed by atoms with van der Waals surface area (Å²) in [5, 5.41) is 6.32. The van der Waals surface area contributed by atoms with E-state index in [1.807, 2.05) is 25.1 Å². The smallest absolute Gasteiger partial charge is 0.204 e. The number of aldehydes is 1. The van der Waals surface area contributed by atoms with Crippen molar-refractivity contribution in [3.8, 4) is 11.5 Å². The van der Waals surface area contributed by atoms with Crippen LogP contribution in [0.3, 0.4) is 0 Å². The molecule has 5 rings (SSSR count). The van der Waals surface area contributed by atoms with Crippen LogP contribution in [-0.2, 0) is 9.53 Å². The molecule has 9 nitrogen and oxygen atoms in total. The van der Waals surface area contributed by atoms with Gasteiger partial charge in [-0.1, -0.05) is 25.1 Å². The van der Waals surface area contributed by atoms with Gasteiger partial charge in [-0.3, -0.25) is 14.6 Å². The minimum absolute atomic E-state index is 0.154. The van der Waals surface area contributed by atoms with Crippen molar-refractivity contribution in [3.05, 3.63) is 89.2 Å². The zero-order valence-corrected chi connectivity index (χ0v) is 22.7. The van der Waals surface area contributed by atoms with E-state index in [0.717, 1.165) is 31.2 Å². The average Bonchev–Trinajstić information content (AvgIpc) is 3.53. The molecule has 1 fully saturated rings. The fourth-order valence-electron chi connectivity index (χ4n) is 5.18. The molecule has 2 heterocycles.